The minimum absolute atomic E-state index is 0.207. The summed E-state index contributed by atoms with van der Waals surface area (Å²) in [6.45, 7) is 0. The highest BCUT2D eigenvalue weighted by Gasteiger charge is 1.97. The predicted octanol–water partition coefficient (Wildman–Crippen LogP) is 0.591. The van der Waals surface area contributed by atoms with Gasteiger partial charge in [-0.05, 0) is 0 Å². The summed E-state index contributed by atoms with van der Waals surface area (Å²) in [5.41, 5.74) is 0. The summed E-state index contributed by atoms with van der Waals surface area (Å²) >= 11 is 9.09. The Balaban J connectivity index is 2.99. The van der Waals surface area contributed by atoms with Crippen LogP contribution in [0.15, 0.2) is 0 Å². The van der Waals surface area contributed by atoms with Gasteiger partial charge < -0.3 is 0 Å². The van der Waals surface area contributed by atoms with Gasteiger partial charge >= 0.3 is 0 Å². The molecule has 2 N–H and O–H groups in total. The molecule has 0 aliphatic heterocycles. The molecule has 0 aromatic heterocycles. The van der Waals surface area contributed by atoms with E-state index < -0.39 is 0 Å². The molecule has 0 radical (unpaired) electrons. The normalized spacial score (nSPS) is 11.0. The molecule has 4 nitrogen and oxygen atoms in total. The largest absolute Gasteiger partial charge is 0.282 e. The molecule has 0 saturated heterocycles. The molecule has 0 heterocycles. The summed E-state index contributed by atoms with van der Waals surface area (Å²) in [5, 5.41) is 15.5. The summed E-state index contributed by atoms with van der Waals surface area (Å²) in [4.78, 5) is 0. The highest BCUT2D eigenvalue weighted by Crippen LogP contribution is 1.94. The molecule has 0 saturated carbocycles. The van der Waals surface area contributed by atoms with Crippen LogP contribution in [0.3, 0.4) is 0 Å². The van der Waals surface area contributed by atoms with E-state index in [0.29, 0.717) is 0 Å². The molecule has 38 valence electrons. The van der Waals surface area contributed by atoms with Crippen LogP contribution in [-0.2, 0) is 0 Å². The van der Waals surface area contributed by atoms with Crippen molar-refractivity contribution in [1.82, 2.24) is 9.38 Å². The SMILES string of the molecule is ON(Cl)N(O)Cl. The van der Waals surface area contributed by atoms with Crippen molar-refractivity contribution in [2.45, 2.75) is 0 Å². The first-order valence-electron chi connectivity index (χ1n) is 0.938. The molecule has 0 atom stereocenters. The van der Waals surface area contributed by atoms with Gasteiger partial charge in [-0.2, -0.15) is 0 Å². The lowest BCUT2D eigenvalue weighted by molar-refractivity contribution is -0.253. The third-order valence-corrected chi connectivity index (χ3v) is 0.500. The molecule has 0 spiro atoms. The maximum absolute atomic E-state index is 7.77. The highest BCUT2D eigenvalue weighted by atomic mass is 35.5. The Bertz CT molecular complexity index is 30.5. The van der Waals surface area contributed by atoms with E-state index in [0.717, 1.165) is 0 Å². The van der Waals surface area contributed by atoms with E-state index in [1.165, 1.54) is 0 Å². The van der Waals surface area contributed by atoms with Crippen molar-refractivity contribution < 1.29 is 10.4 Å². The van der Waals surface area contributed by atoms with Gasteiger partial charge in [-0.1, -0.05) is 0 Å². The lowest BCUT2D eigenvalue weighted by atomic mass is 12.7. The Hall–Kier alpha value is 0.420. The maximum atomic E-state index is 7.77. The number of halogens is 2. The van der Waals surface area contributed by atoms with Crippen LogP contribution < -0.4 is 0 Å². The molecule has 0 aliphatic carbocycles. The Labute approximate surface area is 44.2 Å². The minimum atomic E-state index is -0.207. The Morgan fingerprint density at radius 1 is 1.00 bits per heavy atom. The summed E-state index contributed by atoms with van der Waals surface area (Å²) < 4.78 is -0.414. The van der Waals surface area contributed by atoms with Crippen molar-refractivity contribution in [3.63, 3.8) is 0 Å². The topological polar surface area (TPSA) is 46.9 Å². The van der Waals surface area contributed by atoms with Crippen molar-refractivity contribution in [2.75, 3.05) is 0 Å². The van der Waals surface area contributed by atoms with E-state index in [1.807, 2.05) is 0 Å². The van der Waals surface area contributed by atoms with Gasteiger partial charge in [0.2, 0.25) is 0 Å². The summed E-state index contributed by atoms with van der Waals surface area (Å²) in [6.07, 6.45) is 0. The molecule has 0 unspecified atom stereocenters. The zero-order valence-electron chi connectivity index (χ0n) is 2.54. The van der Waals surface area contributed by atoms with Crippen molar-refractivity contribution in [3.05, 3.63) is 0 Å². The molecular weight excluding hydrogens is 131 g/mol. The highest BCUT2D eigenvalue weighted by molar-refractivity contribution is 6.17. The molecule has 0 aliphatic rings. The average molecular weight is 133 g/mol. The Morgan fingerprint density at radius 3 is 1.17 bits per heavy atom. The summed E-state index contributed by atoms with van der Waals surface area (Å²) in [6, 6.07) is 0. The third-order valence-electron chi connectivity index (χ3n) is 0.136. The van der Waals surface area contributed by atoms with Crippen LogP contribution in [0.5, 0.6) is 0 Å². The van der Waals surface area contributed by atoms with Crippen LogP contribution in [-0.4, -0.2) is 19.8 Å². The van der Waals surface area contributed by atoms with E-state index in [4.69, 9.17) is 10.4 Å². The van der Waals surface area contributed by atoms with Gasteiger partial charge in [-0.3, -0.25) is 10.4 Å². The molecule has 0 rings (SSSR count). The Morgan fingerprint density at radius 2 is 1.17 bits per heavy atom. The fourth-order valence-corrected chi connectivity index (χ4v) is 0. The average Bonchev–Trinajstić information content (AvgIpc) is 1.36. The van der Waals surface area contributed by atoms with Gasteiger partial charge in [-0.25, -0.2) is 0 Å². The monoisotopic (exact) mass is 132 g/mol. The summed E-state index contributed by atoms with van der Waals surface area (Å²) in [7, 11) is 0. The van der Waals surface area contributed by atoms with Gasteiger partial charge in [0, 0.05) is 32.9 Å². The molecule has 0 amide bonds. The van der Waals surface area contributed by atoms with Crippen LogP contribution in [0, 0.1) is 0 Å². The molecule has 0 bridgehead atoms. The first kappa shape index (κ1) is 6.42. The second-order valence-electron chi connectivity index (χ2n) is 0.481. The fourth-order valence-electron chi connectivity index (χ4n) is 0. The first-order chi connectivity index (χ1) is 2.64. The second-order valence-corrected chi connectivity index (χ2v) is 1.09. The summed E-state index contributed by atoms with van der Waals surface area (Å²) in [5.74, 6) is 0. The van der Waals surface area contributed by atoms with Crippen molar-refractivity contribution >= 4 is 23.6 Å². The van der Waals surface area contributed by atoms with Crippen LogP contribution >= 0.6 is 23.6 Å². The quantitative estimate of drug-likeness (QED) is 0.406. The van der Waals surface area contributed by atoms with Crippen LogP contribution in [0.2, 0.25) is 0 Å². The van der Waals surface area contributed by atoms with Crippen LogP contribution in [0.1, 0.15) is 0 Å². The number of hydrazine groups is 1. The lowest BCUT2D eigenvalue weighted by Gasteiger charge is -2.04. The van der Waals surface area contributed by atoms with Gasteiger partial charge in [0.25, 0.3) is 0 Å². The predicted molar refractivity (Wildman–Crippen MR) is 19.0 cm³/mol. The lowest BCUT2D eigenvalue weighted by Crippen LogP contribution is -2.19. The number of rotatable bonds is 1. The van der Waals surface area contributed by atoms with Gasteiger partial charge in [0.05, 0.1) is 0 Å². The molecule has 6 heavy (non-hydrogen) atoms. The second kappa shape index (κ2) is 2.57. The number of hydrogen-bond donors (Lipinski definition) is 2. The van der Waals surface area contributed by atoms with Gasteiger partial charge in [0.15, 0.2) is 0 Å². The minimum Gasteiger partial charge on any atom is -0.282 e. The maximum Gasteiger partial charge on any atom is 0.0285 e. The molecular formula is H2Cl2N2O2. The van der Waals surface area contributed by atoms with Gasteiger partial charge in [-0.15, -0.1) is 0 Å². The Kier molecular flexibility index (Phi) is 2.75. The smallest absolute Gasteiger partial charge is 0.0285 e. The van der Waals surface area contributed by atoms with Crippen LogP contribution in [0.4, 0.5) is 0 Å². The van der Waals surface area contributed by atoms with Crippen molar-refractivity contribution in [2.24, 2.45) is 0 Å². The third kappa shape index (κ3) is 2.65. The van der Waals surface area contributed by atoms with Crippen molar-refractivity contribution in [3.8, 4) is 0 Å². The van der Waals surface area contributed by atoms with E-state index in [-0.39, 0.29) is 9.38 Å². The number of hydrogen-bond acceptors (Lipinski definition) is 4. The van der Waals surface area contributed by atoms with Crippen LogP contribution in [0.25, 0.3) is 0 Å². The zero-order chi connectivity index (χ0) is 5.15. The molecule has 0 aromatic rings. The van der Waals surface area contributed by atoms with Gasteiger partial charge in [0.1, 0.15) is 0 Å². The standard InChI is InChI=1S/Cl2H2N2O2/c1-3(5)4(2)6/h5-6H. The fraction of sp³-hybridized carbons (Fsp3) is 0. The molecule has 6 heteroatoms. The van der Waals surface area contributed by atoms with E-state index in [9.17, 15) is 0 Å². The number of nitrogens with zero attached hydrogens (tertiary/aromatic N) is 2. The zero-order valence-corrected chi connectivity index (χ0v) is 4.06. The van der Waals surface area contributed by atoms with E-state index in [2.05, 4.69) is 23.6 Å². The molecule has 0 fully saturated rings. The van der Waals surface area contributed by atoms with E-state index in [1.54, 1.807) is 0 Å². The van der Waals surface area contributed by atoms with Crippen molar-refractivity contribution in [1.29, 1.82) is 0 Å². The first-order valence-corrected chi connectivity index (χ1v) is 1.61. The van der Waals surface area contributed by atoms with E-state index >= 15 is 0 Å². The molecule has 0 aromatic carbocycles.